The smallest absolute Gasteiger partial charge is 0.178 e. The fourth-order valence-electron chi connectivity index (χ4n) is 8.62. The highest BCUT2D eigenvalue weighted by Crippen LogP contribution is 2.52. The summed E-state index contributed by atoms with van der Waals surface area (Å²) in [5.74, 6) is 2.14. The molecule has 0 fully saturated rings. The van der Waals surface area contributed by atoms with Crippen LogP contribution in [0.5, 0.6) is 17.2 Å². The van der Waals surface area contributed by atoms with Gasteiger partial charge in [-0.05, 0) is 87.6 Å². The summed E-state index contributed by atoms with van der Waals surface area (Å²) in [6.45, 7) is 0. The number of para-hydroxylation sites is 3. The van der Waals surface area contributed by atoms with Gasteiger partial charge in [0.2, 0.25) is 0 Å². The lowest BCUT2D eigenvalue weighted by atomic mass is 9.82. The summed E-state index contributed by atoms with van der Waals surface area (Å²) in [5.41, 5.74) is 5.57. The fourth-order valence-corrected chi connectivity index (χ4v) is 8.62. The van der Waals surface area contributed by atoms with Crippen LogP contribution in [0.25, 0.3) is 65.9 Å². The van der Waals surface area contributed by atoms with Gasteiger partial charge in [0.05, 0.1) is 11.0 Å². The van der Waals surface area contributed by atoms with Crippen LogP contribution in [-0.2, 0) is 5.60 Å². The maximum Gasteiger partial charge on any atom is 0.178 e. The van der Waals surface area contributed by atoms with Gasteiger partial charge in [0.1, 0.15) is 5.75 Å². The van der Waals surface area contributed by atoms with E-state index >= 15 is 0 Å². The number of ether oxygens (including phenoxy) is 2. The molecular formula is C51H33NO2. The van der Waals surface area contributed by atoms with Crippen LogP contribution in [0.2, 0.25) is 0 Å². The molecule has 0 aliphatic carbocycles. The first-order valence-electron chi connectivity index (χ1n) is 18.4. The molecular weight excluding hydrogens is 659 g/mol. The monoisotopic (exact) mass is 691 g/mol. The first-order chi connectivity index (χ1) is 26.8. The molecule has 3 nitrogen and oxygen atoms in total. The topological polar surface area (TPSA) is 23.4 Å². The quantitative estimate of drug-likeness (QED) is 0.168. The number of hydrogen-bond acceptors (Lipinski definition) is 2. The minimum atomic E-state index is -0.951. The minimum absolute atomic E-state index is 0.676. The fraction of sp³-hybridized carbons (Fsp3) is 0.0196. The largest absolute Gasteiger partial charge is 0.469 e. The van der Waals surface area contributed by atoms with Crippen LogP contribution in [0.4, 0.5) is 0 Å². The molecule has 0 saturated heterocycles. The van der Waals surface area contributed by atoms with Crippen LogP contribution in [0, 0.1) is 0 Å². The van der Waals surface area contributed by atoms with Gasteiger partial charge < -0.3 is 14.0 Å². The van der Waals surface area contributed by atoms with Gasteiger partial charge in [-0.3, -0.25) is 0 Å². The van der Waals surface area contributed by atoms with E-state index in [9.17, 15) is 0 Å². The van der Waals surface area contributed by atoms with E-state index in [0.29, 0.717) is 11.5 Å². The van der Waals surface area contributed by atoms with Gasteiger partial charge in [-0.25, -0.2) is 0 Å². The van der Waals surface area contributed by atoms with Gasteiger partial charge in [0.25, 0.3) is 0 Å². The predicted molar refractivity (Wildman–Crippen MR) is 223 cm³/mol. The van der Waals surface area contributed by atoms with Crippen molar-refractivity contribution in [3.63, 3.8) is 0 Å². The molecule has 1 atom stereocenters. The van der Waals surface area contributed by atoms with Crippen LogP contribution in [0.15, 0.2) is 194 Å². The van der Waals surface area contributed by atoms with Gasteiger partial charge in [0, 0.05) is 38.5 Å². The lowest BCUT2D eigenvalue weighted by molar-refractivity contribution is 0.156. The number of fused-ring (bicyclic) bond motifs is 11. The van der Waals surface area contributed by atoms with Crippen molar-refractivity contribution >= 4 is 60.2 Å². The third-order valence-corrected chi connectivity index (χ3v) is 11.0. The highest BCUT2D eigenvalue weighted by Gasteiger charge is 2.39. The Balaban J connectivity index is 1.21. The molecule has 1 unspecified atom stereocenters. The lowest BCUT2D eigenvalue weighted by Crippen LogP contribution is -2.34. The van der Waals surface area contributed by atoms with E-state index in [2.05, 4.69) is 174 Å². The molecule has 0 saturated carbocycles. The second-order valence-corrected chi connectivity index (χ2v) is 14.0. The predicted octanol–water partition coefficient (Wildman–Crippen LogP) is 13.4. The summed E-state index contributed by atoms with van der Waals surface area (Å²) in [4.78, 5) is 0. The van der Waals surface area contributed by atoms with E-state index in [1.807, 2.05) is 30.3 Å². The summed E-state index contributed by atoms with van der Waals surface area (Å²) < 4.78 is 16.8. The molecule has 10 aromatic rings. The van der Waals surface area contributed by atoms with Crippen molar-refractivity contribution < 1.29 is 9.47 Å². The Hall–Kier alpha value is -7.10. The molecule has 11 rings (SSSR count). The Labute approximate surface area is 312 Å². The maximum atomic E-state index is 7.60. The number of nitrogens with zero attached hydrogens (tertiary/aromatic N) is 1. The van der Waals surface area contributed by atoms with Gasteiger partial charge in [0.15, 0.2) is 17.1 Å². The number of benzene rings is 9. The van der Waals surface area contributed by atoms with E-state index in [1.165, 1.54) is 37.8 Å². The summed E-state index contributed by atoms with van der Waals surface area (Å²) >= 11 is 0. The highest BCUT2D eigenvalue weighted by atomic mass is 16.5. The van der Waals surface area contributed by atoms with Crippen LogP contribution in [0.3, 0.4) is 0 Å². The van der Waals surface area contributed by atoms with E-state index < -0.39 is 5.60 Å². The Kier molecular flexibility index (Phi) is 6.77. The normalized spacial score (nSPS) is 15.2. The molecule has 2 heterocycles. The van der Waals surface area contributed by atoms with Crippen molar-refractivity contribution in [1.29, 1.82) is 0 Å². The van der Waals surface area contributed by atoms with E-state index in [1.54, 1.807) is 0 Å². The summed E-state index contributed by atoms with van der Waals surface area (Å²) in [5, 5.41) is 9.44. The van der Waals surface area contributed by atoms with Crippen LogP contribution in [-0.4, -0.2) is 4.57 Å². The molecule has 54 heavy (non-hydrogen) atoms. The van der Waals surface area contributed by atoms with Crippen molar-refractivity contribution in [3.05, 3.63) is 211 Å². The standard InChI is InChI=1S/C51H33NO2/c1-4-16-34(17-5-1)51(35-28-29-47-44(32-35)41-25-14-15-27-46(41)52(47)36-18-6-2-7-19-36)31-30-43-49-42-26-13-12-23-39(42)38-22-10-11-24-40(38)45(49)33-48(50(43)54-51)53-37-20-8-3-9-21-37/h1-33H. The zero-order valence-corrected chi connectivity index (χ0v) is 29.3. The number of aromatic nitrogens is 1. The SMILES string of the molecule is C1=CC(c2ccccc2)(c2ccc3c(c2)c2ccccc2n3-c2ccccc2)Oc2c(Oc3ccccc3)cc3c4ccccc4c4ccccc4c3c21. The second kappa shape index (κ2) is 12.0. The molecule has 0 radical (unpaired) electrons. The highest BCUT2D eigenvalue weighted by molar-refractivity contribution is 6.27. The Morgan fingerprint density at radius 1 is 0.444 bits per heavy atom. The molecule has 1 aliphatic heterocycles. The van der Waals surface area contributed by atoms with Crippen LogP contribution in [0.1, 0.15) is 16.7 Å². The Morgan fingerprint density at radius 3 is 1.76 bits per heavy atom. The molecule has 0 spiro atoms. The Morgan fingerprint density at radius 2 is 1.02 bits per heavy atom. The second-order valence-electron chi connectivity index (χ2n) is 14.0. The first-order valence-corrected chi connectivity index (χ1v) is 18.4. The van der Waals surface area contributed by atoms with Crippen molar-refractivity contribution in [2.75, 3.05) is 0 Å². The molecule has 3 heteroatoms. The van der Waals surface area contributed by atoms with E-state index in [0.717, 1.165) is 44.4 Å². The summed E-state index contributed by atoms with van der Waals surface area (Å²) in [6, 6.07) is 66.1. The molecule has 0 N–H and O–H groups in total. The van der Waals surface area contributed by atoms with Crippen LogP contribution < -0.4 is 9.47 Å². The molecule has 0 bridgehead atoms. The van der Waals surface area contributed by atoms with Crippen molar-refractivity contribution in [1.82, 2.24) is 4.57 Å². The van der Waals surface area contributed by atoms with E-state index in [4.69, 9.17) is 9.47 Å². The lowest BCUT2D eigenvalue weighted by Gasteiger charge is -2.37. The Bertz CT molecular complexity index is 3090. The zero-order chi connectivity index (χ0) is 35.6. The molecule has 1 aliphatic rings. The van der Waals surface area contributed by atoms with Crippen molar-refractivity contribution in [2.45, 2.75) is 5.60 Å². The van der Waals surface area contributed by atoms with Gasteiger partial charge in [-0.15, -0.1) is 0 Å². The van der Waals surface area contributed by atoms with E-state index in [-0.39, 0.29) is 0 Å². The third-order valence-electron chi connectivity index (χ3n) is 11.0. The summed E-state index contributed by atoms with van der Waals surface area (Å²) in [6.07, 6.45) is 4.52. The van der Waals surface area contributed by atoms with Gasteiger partial charge in [-0.2, -0.15) is 0 Å². The van der Waals surface area contributed by atoms with Gasteiger partial charge in [-0.1, -0.05) is 140 Å². The third kappa shape index (κ3) is 4.55. The average Bonchev–Trinajstić information content (AvgIpc) is 3.58. The first kappa shape index (κ1) is 30.5. The van der Waals surface area contributed by atoms with Crippen LogP contribution >= 0.6 is 0 Å². The molecule has 9 aromatic carbocycles. The molecule has 0 amide bonds. The zero-order valence-electron chi connectivity index (χ0n) is 29.3. The maximum absolute atomic E-state index is 7.60. The van der Waals surface area contributed by atoms with Crippen molar-refractivity contribution in [2.24, 2.45) is 0 Å². The number of rotatable bonds is 5. The molecule has 254 valence electrons. The van der Waals surface area contributed by atoms with Crippen molar-refractivity contribution in [3.8, 4) is 22.9 Å². The summed E-state index contributed by atoms with van der Waals surface area (Å²) in [7, 11) is 0. The number of hydrogen-bond donors (Lipinski definition) is 0. The minimum Gasteiger partial charge on any atom is -0.469 e. The average molecular weight is 692 g/mol. The van der Waals surface area contributed by atoms with Gasteiger partial charge >= 0.3 is 0 Å². The molecule has 1 aromatic heterocycles.